The summed E-state index contributed by atoms with van der Waals surface area (Å²) >= 11 is 0. The fourth-order valence-corrected chi connectivity index (χ4v) is 8.67. The van der Waals surface area contributed by atoms with Crippen molar-refractivity contribution in [1.29, 1.82) is 0 Å². The minimum Gasteiger partial charge on any atom is -0.467 e. The highest BCUT2D eigenvalue weighted by atomic mass is 16.5. The molecule has 1 amide bonds. The Kier molecular flexibility index (Phi) is 8.68. The standard InChI is InChI=1S/C34H41NO9/c1-32-15-13-22(36)17-21(32)9-10-23-24-14-16-34(42,33(24,2)18-25(37)29(23)32)26(38)19-44-28(40)12-11-27(39)35-30(31(41)43-3)20-7-5-4-6-8-20/h4-8,17,23-24,29-30,42H,9-16,18-19H2,1-3H3,(H,35,39)/t23-,24+,29-,30-,32+,33-,34+/m1/s1. The van der Waals surface area contributed by atoms with Crippen LogP contribution in [0.15, 0.2) is 42.0 Å². The van der Waals surface area contributed by atoms with E-state index in [4.69, 9.17) is 9.47 Å². The van der Waals surface area contributed by atoms with Crippen LogP contribution in [0.25, 0.3) is 0 Å². The first kappa shape index (κ1) is 31.8. The third-order valence-electron chi connectivity index (χ3n) is 11.1. The molecule has 0 bridgehead atoms. The molecule has 0 heterocycles. The monoisotopic (exact) mass is 607 g/mol. The number of benzene rings is 1. The van der Waals surface area contributed by atoms with Crippen LogP contribution in [0, 0.1) is 28.6 Å². The van der Waals surface area contributed by atoms with E-state index in [0.717, 1.165) is 18.4 Å². The van der Waals surface area contributed by atoms with Gasteiger partial charge in [-0.3, -0.25) is 24.0 Å². The van der Waals surface area contributed by atoms with Gasteiger partial charge >= 0.3 is 11.9 Å². The number of amides is 1. The number of aliphatic hydroxyl groups is 1. The molecule has 1 aromatic rings. The quantitative estimate of drug-likeness (QED) is 0.403. The van der Waals surface area contributed by atoms with E-state index in [2.05, 4.69) is 12.2 Å². The maximum Gasteiger partial charge on any atom is 0.333 e. The number of fused-ring (bicyclic) bond motifs is 5. The molecular formula is C34H41NO9. The van der Waals surface area contributed by atoms with E-state index in [1.807, 2.05) is 6.92 Å². The van der Waals surface area contributed by atoms with Gasteiger partial charge < -0.3 is 19.9 Å². The molecule has 3 fully saturated rings. The Hall–Kier alpha value is -3.66. The molecule has 7 atom stereocenters. The summed E-state index contributed by atoms with van der Waals surface area (Å²) in [5.41, 5.74) is -1.61. The number of carbonyl (C=O) groups excluding carboxylic acids is 6. The van der Waals surface area contributed by atoms with E-state index in [1.54, 1.807) is 36.4 Å². The number of carbonyl (C=O) groups is 6. The van der Waals surface area contributed by atoms with Crippen LogP contribution in [0.1, 0.15) is 83.2 Å². The molecule has 4 aliphatic rings. The largest absolute Gasteiger partial charge is 0.467 e. The van der Waals surface area contributed by atoms with E-state index < -0.39 is 47.3 Å². The van der Waals surface area contributed by atoms with Gasteiger partial charge in [0.15, 0.2) is 18.4 Å². The number of rotatable bonds is 9. The fraction of sp³-hybridized carbons (Fsp3) is 0.588. The van der Waals surface area contributed by atoms with Crippen LogP contribution in [0.3, 0.4) is 0 Å². The minimum atomic E-state index is -1.82. The predicted octanol–water partition coefficient (Wildman–Crippen LogP) is 3.35. The van der Waals surface area contributed by atoms with Crippen LogP contribution in [0.5, 0.6) is 0 Å². The van der Waals surface area contributed by atoms with Gasteiger partial charge in [-0.1, -0.05) is 49.8 Å². The van der Waals surface area contributed by atoms with E-state index in [0.29, 0.717) is 24.8 Å². The third kappa shape index (κ3) is 5.42. The van der Waals surface area contributed by atoms with Crippen molar-refractivity contribution >= 4 is 35.2 Å². The lowest BCUT2D eigenvalue weighted by Crippen LogP contribution is -2.61. The summed E-state index contributed by atoms with van der Waals surface area (Å²) in [4.78, 5) is 76.6. The molecule has 44 heavy (non-hydrogen) atoms. The molecule has 3 saturated carbocycles. The predicted molar refractivity (Wildman–Crippen MR) is 157 cm³/mol. The Balaban J connectivity index is 1.18. The van der Waals surface area contributed by atoms with Crippen molar-refractivity contribution in [1.82, 2.24) is 5.32 Å². The maximum absolute atomic E-state index is 13.8. The van der Waals surface area contributed by atoms with Crippen molar-refractivity contribution in [3.63, 3.8) is 0 Å². The Morgan fingerprint density at radius 2 is 1.75 bits per heavy atom. The maximum atomic E-state index is 13.8. The average molecular weight is 608 g/mol. The van der Waals surface area contributed by atoms with Crippen molar-refractivity contribution in [2.45, 2.75) is 83.3 Å². The smallest absolute Gasteiger partial charge is 0.333 e. The molecule has 2 N–H and O–H groups in total. The van der Waals surface area contributed by atoms with Crippen LogP contribution in [0.2, 0.25) is 0 Å². The van der Waals surface area contributed by atoms with Crippen LogP contribution < -0.4 is 5.32 Å². The lowest BCUT2D eigenvalue weighted by atomic mass is 9.46. The van der Waals surface area contributed by atoms with E-state index >= 15 is 0 Å². The van der Waals surface area contributed by atoms with E-state index in [9.17, 15) is 33.9 Å². The SMILES string of the molecule is COC(=O)[C@H](NC(=O)CCC(=O)OCC(=O)[C@@]1(O)CC[C@H]2[C@H]3CCC4=CC(=O)CC[C@]4(C)[C@H]3C(=O)C[C@]21C)c1ccccc1. The van der Waals surface area contributed by atoms with Gasteiger partial charge in [0.2, 0.25) is 11.7 Å². The number of allylic oxidation sites excluding steroid dienone is 1. The van der Waals surface area contributed by atoms with Crippen LogP contribution in [-0.4, -0.2) is 59.6 Å². The molecule has 4 aliphatic carbocycles. The van der Waals surface area contributed by atoms with Gasteiger partial charge in [-0.15, -0.1) is 0 Å². The van der Waals surface area contributed by atoms with Crippen LogP contribution >= 0.6 is 0 Å². The molecule has 0 spiro atoms. The highest BCUT2D eigenvalue weighted by Crippen LogP contribution is 2.66. The number of ether oxygens (including phenoxy) is 2. The van der Waals surface area contributed by atoms with Crippen molar-refractivity contribution < 1.29 is 43.3 Å². The molecule has 10 nitrogen and oxygen atoms in total. The summed E-state index contributed by atoms with van der Waals surface area (Å²) in [6, 6.07) is 7.51. The van der Waals surface area contributed by atoms with Gasteiger partial charge in [-0.25, -0.2) is 4.79 Å². The zero-order chi connectivity index (χ0) is 31.9. The highest BCUT2D eigenvalue weighted by molar-refractivity contribution is 5.95. The fourth-order valence-electron chi connectivity index (χ4n) is 8.67. The molecular weight excluding hydrogens is 566 g/mol. The summed E-state index contributed by atoms with van der Waals surface area (Å²) in [5.74, 6) is -2.83. The first-order valence-electron chi connectivity index (χ1n) is 15.4. The average Bonchev–Trinajstić information content (AvgIpc) is 3.28. The van der Waals surface area contributed by atoms with Crippen LogP contribution in [-0.2, 0) is 38.2 Å². The topological polar surface area (TPSA) is 153 Å². The molecule has 0 aromatic heterocycles. The Labute approximate surface area is 256 Å². The van der Waals surface area contributed by atoms with Gasteiger partial charge in [0.1, 0.15) is 11.4 Å². The van der Waals surface area contributed by atoms with E-state index in [1.165, 1.54) is 7.11 Å². The van der Waals surface area contributed by atoms with Gasteiger partial charge in [-0.2, -0.15) is 0 Å². The first-order valence-corrected chi connectivity index (χ1v) is 15.4. The normalized spacial score (nSPS) is 33.2. The molecule has 5 rings (SSSR count). The lowest BCUT2D eigenvalue weighted by molar-refractivity contribution is -0.173. The molecule has 0 aliphatic heterocycles. The van der Waals surface area contributed by atoms with Gasteiger partial charge in [-0.05, 0) is 61.0 Å². The van der Waals surface area contributed by atoms with Crippen LogP contribution in [0.4, 0.5) is 0 Å². The zero-order valence-corrected chi connectivity index (χ0v) is 25.6. The lowest BCUT2D eigenvalue weighted by Gasteiger charge is -2.57. The molecule has 10 heteroatoms. The Bertz CT molecular complexity index is 1400. The second-order valence-electron chi connectivity index (χ2n) is 13.3. The second-order valence-corrected chi connectivity index (χ2v) is 13.3. The zero-order valence-electron chi connectivity index (χ0n) is 25.6. The van der Waals surface area contributed by atoms with Gasteiger partial charge in [0.05, 0.1) is 13.5 Å². The summed E-state index contributed by atoms with van der Waals surface area (Å²) in [5, 5.41) is 14.4. The highest BCUT2D eigenvalue weighted by Gasteiger charge is 2.68. The first-order chi connectivity index (χ1) is 20.8. The number of hydrogen-bond acceptors (Lipinski definition) is 9. The second kappa shape index (κ2) is 12.0. The van der Waals surface area contributed by atoms with Crippen molar-refractivity contribution in [3.8, 4) is 0 Å². The molecule has 236 valence electrons. The summed E-state index contributed by atoms with van der Waals surface area (Å²) < 4.78 is 9.99. The van der Waals surface area contributed by atoms with Gasteiger partial charge in [0, 0.05) is 30.6 Å². The molecule has 0 radical (unpaired) electrons. The number of esters is 2. The summed E-state index contributed by atoms with van der Waals surface area (Å²) in [6.07, 6.45) is 4.44. The number of ketones is 3. The Morgan fingerprint density at radius 3 is 2.45 bits per heavy atom. The van der Waals surface area contributed by atoms with Crippen molar-refractivity contribution in [2.75, 3.05) is 13.7 Å². The third-order valence-corrected chi connectivity index (χ3v) is 11.1. The van der Waals surface area contributed by atoms with Crippen molar-refractivity contribution in [2.24, 2.45) is 28.6 Å². The van der Waals surface area contributed by atoms with E-state index in [-0.39, 0.29) is 60.4 Å². The number of methoxy groups -OCH3 is 1. The summed E-state index contributed by atoms with van der Waals surface area (Å²) in [6.45, 7) is 3.24. The minimum absolute atomic E-state index is 0.00388. The van der Waals surface area contributed by atoms with Gasteiger partial charge in [0.25, 0.3) is 0 Å². The number of nitrogens with one attached hydrogen (secondary N) is 1. The molecule has 1 aromatic carbocycles. The summed E-state index contributed by atoms with van der Waals surface area (Å²) in [7, 11) is 1.21. The molecule has 0 saturated heterocycles. The number of Topliss-reactive ketones (excluding diaryl/α,β-unsaturated/α-hetero) is 2. The molecule has 0 unspecified atom stereocenters. The Morgan fingerprint density at radius 1 is 1.02 bits per heavy atom. The van der Waals surface area contributed by atoms with Crippen molar-refractivity contribution in [3.05, 3.63) is 47.5 Å². The number of hydrogen-bond donors (Lipinski definition) is 2.